The quantitative estimate of drug-likeness (QED) is 0.603. The average Bonchev–Trinajstić information content (AvgIpc) is 2.89. The first-order chi connectivity index (χ1) is 13.1. The number of halogens is 4. The van der Waals surface area contributed by atoms with E-state index in [2.05, 4.69) is 9.64 Å². The predicted octanol–water partition coefficient (Wildman–Crippen LogP) is 3.14. The Bertz CT molecular complexity index is 773. The van der Waals surface area contributed by atoms with Gasteiger partial charge in [0.25, 0.3) is 0 Å². The second-order valence-electron chi connectivity index (χ2n) is 7.42. The third-order valence-electron chi connectivity index (χ3n) is 5.93. The lowest BCUT2D eigenvalue weighted by Gasteiger charge is -2.45. The van der Waals surface area contributed by atoms with Gasteiger partial charge in [-0.25, -0.2) is 4.79 Å². The van der Waals surface area contributed by atoms with Crippen LogP contribution in [0, 0.1) is 0 Å². The highest BCUT2D eigenvalue weighted by Crippen LogP contribution is 2.54. The second-order valence-corrected chi connectivity index (χ2v) is 8.04. The van der Waals surface area contributed by atoms with Gasteiger partial charge in [-0.15, -0.1) is 11.6 Å². The van der Waals surface area contributed by atoms with E-state index in [-0.39, 0.29) is 17.8 Å². The van der Waals surface area contributed by atoms with Gasteiger partial charge in [-0.3, -0.25) is 4.79 Å². The molecule has 5 nitrogen and oxygen atoms in total. The van der Waals surface area contributed by atoms with Crippen molar-refractivity contribution in [3.63, 3.8) is 0 Å². The van der Waals surface area contributed by atoms with E-state index in [1.165, 1.54) is 0 Å². The zero-order valence-corrected chi connectivity index (χ0v) is 16.3. The number of anilines is 1. The van der Waals surface area contributed by atoms with Gasteiger partial charge < -0.3 is 15.0 Å². The lowest BCUT2D eigenvalue weighted by Crippen LogP contribution is -2.55. The summed E-state index contributed by atoms with van der Waals surface area (Å²) in [5.74, 6) is -3.05. The zero-order valence-electron chi connectivity index (χ0n) is 15.6. The maximum absolute atomic E-state index is 12.8. The Morgan fingerprint density at radius 2 is 2.07 bits per heavy atom. The minimum Gasteiger partial charge on any atom is -0.467 e. The number of carbonyl (C=O) groups is 2. The van der Waals surface area contributed by atoms with Gasteiger partial charge in [-0.1, -0.05) is 18.2 Å². The van der Waals surface area contributed by atoms with Crippen molar-refractivity contribution in [3.05, 3.63) is 29.8 Å². The van der Waals surface area contributed by atoms with Crippen LogP contribution >= 0.6 is 11.6 Å². The molecule has 1 aliphatic heterocycles. The van der Waals surface area contributed by atoms with E-state index in [4.69, 9.17) is 11.6 Å². The first-order valence-electron chi connectivity index (χ1n) is 9.02. The molecule has 1 N–H and O–H groups in total. The minimum atomic E-state index is -5.08. The Morgan fingerprint density at radius 3 is 2.71 bits per heavy atom. The van der Waals surface area contributed by atoms with Gasteiger partial charge in [-0.2, -0.15) is 13.2 Å². The van der Waals surface area contributed by atoms with E-state index >= 15 is 0 Å². The molecule has 1 aromatic carbocycles. The Morgan fingerprint density at radius 1 is 1.39 bits per heavy atom. The summed E-state index contributed by atoms with van der Waals surface area (Å²) in [5, 5.41) is 1.77. The summed E-state index contributed by atoms with van der Waals surface area (Å²) in [5.41, 5.74) is 1.32. The molecule has 0 aromatic heterocycles. The molecule has 3 rings (SSSR count). The monoisotopic (exact) mass is 418 g/mol. The largest absolute Gasteiger partial charge is 0.471 e. The number of likely N-dealkylation sites (N-methyl/N-ethyl adjacent to an activating group) is 1. The molecular formula is C19H22ClF3N2O3. The molecule has 1 aromatic rings. The predicted molar refractivity (Wildman–Crippen MR) is 98.4 cm³/mol. The summed E-state index contributed by atoms with van der Waals surface area (Å²) in [4.78, 5) is 25.8. The number of rotatable bonds is 4. The van der Waals surface area contributed by atoms with Crippen LogP contribution < -0.4 is 10.2 Å². The molecule has 154 valence electrons. The van der Waals surface area contributed by atoms with Crippen molar-refractivity contribution >= 4 is 29.2 Å². The van der Waals surface area contributed by atoms with Crippen molar-refractivity contribution in [2.75, 3.05) is 19.1 Å². The number of carbonyl (C=O) groups excluding carboxylic acids is 2. The summed E-state index contributed by atoms with van der Waals surface area (Å²) in [7, 11) is 3.01. The molecule has 1 fully saturated rings. The van der Waals surface area contributed by atoms with E-state index in [9.17, 15) is 22.8 Å². The van der Waals surface area contributed by atoms with E-state index in [0.29, 0.717) is 19.3 Å². The molecule has 1 saturated carbocycles. The molecule has 4 atom stereocenters. The second kappa shape index (κ2) is 7.46. The third-order valence-corrected chi connectivity index (χ3v) is 6.32. The van der Waals surface area contributed by atoms with Gasteiger partial charge in [-0.05, 0) is 37.3 Å². The lowest BCUT2D eigenvalue weighted by atomic mass is 9.64. The molecule has 1 amide bonds. The number of hydrogen-bond acceptors (Lipinski definition) is 4. The van der Waals surface area contributed by atoms with Crippen LogP contribution in [0.25, 0.3) is 0 Å². The fourth-order valence-electron chi connectivity index (χ4n) is 4.67. The summed E-state index contributed by atoms with van der Waals surface area (Å²) >= 11 is 6.39. The topological polar surface area (TPSA) is 58.6 Å². The fourth-order valence-corrected chi connectivity index (χ4v) is 4.95. The molecule has 0 saturated heterocycles. The number of hydrogen-bond donors (Lipinski definition) is 1. The van der Waals surface area contributed by atoms with Gasteiger partial charge in [0.1, 0.15) is 6.04 Å². The van der Waals surface area contributed by atoms with Crippen LogP contribution in [0.2, 0.25) is 0 Å². The molecule has 1 heterocycles. The Hall–Kier alpha value is -1.96. The number of alkyl halides is 4. The van der Waals surface area contributed by atoms with Gasteiger partial charge in [0.2, 0.25) is 0 Å². The maximum atomic E-state index is 12.8. The molecular weight excluding hydrogens is 397 g/mol. The molecule has 9 heteroatoms. The van der Waals surface area contributed by atoms with Crippen LogP contribution in [-0.2, 0) is 19.7 Å². The van der Waals surface area contributed by atoms with Crippen molar-refractivity contribution in [3.8, 4) is 0 Å². The fraction of sp³-hybridized carbons (Fsp3) is 0.579. The van der Waals surface area contributed by atoms with Crippen LogP contribution in [-0.4, -0.2) is 49.7 Å². The van der Waals surface area contributed by atoms with E-state index in [1.807, 2.05) is 36.6 Å². The number of esters is 1. The number of fused-ring (bicyclic) bond motifs is 3. The number of ether oxygens (including phenoxy) is 1. The van der Waals surface area contributed by atoms with Crippen LogP contribution in [0.1, 0.15) is 31.2 Å². The van der Waals surface area contributed by atoms with E-state index in [1.54, 1.807) is 0 Å². The normalized spacial score (nSPS) is 27.6. The molecule has 2 aliphatic rings. The summed E-state index contributed by atoms with van der Waals surface area (Å²) in [6, 6.07) is 6.14. The Balaban J connectivity index is 1.99. The van der Waals surface area contributed by atoms with Crippen LogP contribution in [0.3, 0.4) is 0 Å². The number of methoxy groups -OCH3 is 1. The first-order valence-corrected chi connectivity index (χ1v) is 9.45. The van der Waals surface area contributed by atoms with E-state index in [0.717, 1.165) is 18.4 Å². The average molecular weight is 419 g/mol. The minimum absolute atomic E-state index is 0.0110. The van der Waals surface area contributed by atoms with Crippen molar-refractivity contribution in [2.45, 2.75) is 54.7 Å². The van der Waals surface area contributed by atoms with Gasteiger partial charge in [0.05, 0.1) is 7.11 Å². The van der Waals surface area contributed by atoms with Crippen molar-refractivity contribution in [1.29, 1.82) is 0 Å². The standard InChI is InChI=1S/C19H22ClF3N2O3/c1-25-14-6-4-3-5-12(14)18(8-7-11(20)9-15(18)25)10-13(16(26)28-2)24-17(27)19(21,22)23/h3-6,11,13,15H,7-10H2,1-2H3,(H,24,27)/t11-,13?,15+,18-/m0/s1. The highest BCUT2D eigenvalue weighted by molar-refractivity contribution is 6.20. The van der Waals surface area contributed by atoms with Gasteiger partial charge in [0, 0.05) is 29.6 Å². The molecule has 1 unspecified atom stereocenters. The van der Waals surface area contributed by atoms with Crippen LogP contribution in [0.5, 0.6) is 0 Å². The first kappa shape index (κ1) is 20.8. The smallest absolute Gasteiger partial charge is 0.467 e. The Kier molecular flexibility index (Phi) is 5.53. The van der Waals surface area contributed by atoms with Crippen LogP contribution in [0.4, 0.5) is 18.9 Å². The Labute approximate surface area is 166 Å². The number of nitrogens with one attached hydrogen (secondary N) is 1. The van der Waals surface area contributed by atoms with Crippen LogP contribution in [0.15, 0.2) is 24.3 Å². The molecule has 28 heavy (non-hydrogen) atoms. The zero-order chi connectivity index (χ0) is 20.7. The maximum Gasteiger partial charge on any atom is 0.471 e. The van der Waals surface area contributed by atoms with Gasteiger partial charge >= 0.3 is 18.1 Å². The van der Waals surface area contributed by atoms with Crippen molar-refractivity contribution in [2.24, 2.45) is 0 Å². The van der Waals surface area contributed by atoms with Gasteiger partial charge in [0.15, 0.2) is 0 Å². The molecule has 0 bridgehead atoms. The molecule has 0 radical (unpaired) electrons. The number of amides is 1. The van der Waals surface area contributed by atoms with Crippen molar-refractivity contribution < 1.29 is 27.5 Å². The molecule has 0 spiro atoms. The number of nitrogens with zero attached hydrogens (tertiary/aromatic N) is 1. The summed E-state index contributed by atoms with van der Waals surface area (Å²) < 4.78 is 43.0. The molecule has 1 aliphatic carbocycles. The summed E-state index contributed by atoms with van der Waals surface area (Å²) in [6.07, 6.45) is -3.17. The highest BCUT2D eigenvalue weighted by atomic mass is 35.5. The number of benzene rings is 1. The number of para-hydroxylation sites is 1. The third kappa shape index (κ3) is 3.54. The summed E-state index contributed by atoms with van der Waals surface area (Å²) in [6.45, 7) is 0. The lowest BCUT2D eigenvalue weighted by molar-refractivity contribution is -0.176. The SMILES string of the molecule is COC(=O)C(C[C@]12CC[C@H](Cl)C[C@H]1N(C)c1ccccc12)NC(=O)C(F)(F)F. The highest BCUT2D eigenvalue weighted by Gasteiger charge is 2.54. The van der Waals surface area contributed by atoms with Crippen molar-refractivity contribution in [1.82, 2.24) is 5.32 Å². The van der Waals surface area contributed by atoms with E-state index < -0.39 is 29.5 Å².